The lowest BCUT2D eigenvalue weighted by Gasteiger charge is -2.16. The highest BCUT2D eigenvalue weighted by Crippen LogP contribution is 2.41. The number of hydrogen-bond acceptors (Lipinski definition) is 3. The third kappa shape index (κ3) is 4.51. The molecule has 0 atom stereocenters. The zero-order valence-corrected chi connectivity index (χ0v) is 26.5. The minimum absolute atomic E-state index is 0.708. The maximum Gasteiger partial charge on any atom is 0.161 e. The smallest absolute Gasteiger partial charge is 0.161 e. The van der Waals surface area contributed by atoms with Crippen molar-refractivity contribution in [2.75, 3.05) is 0 Å². The standard InChI is InChI=1S/C46H28N2O/c1-2-13-30(14-3-1)41-28-42(36-19-9-8-17-34(36)32-23-25-44-40(27-32)37-20-10-11-21-43(37)49-44)48-46(47-41)45-35-18-7-5-15-31(35)26-39-33-16-6-4-12-29(33)22-24-38(39)45/h1-28H. The predicted octanol–water partition coefficient (Wildman–Crippen LogP) is 12.5. The Morgan fingerprint density at radius 1 is 0.347 bits per heavy atom. The summed E-state index contributed by atoms with van der Waals surface area (Å²) < 4.78 is 6.16. The quantitative estimate of drug-likeness (QED) is 0.144. The number of fused-ring (bicyclic) bond motifs is 7. The second-order valence-corrected chi connectivity index (χ2v) is 12.5. The highest BCUT2D eigenvalue weighted by Gasteiger charge is 2.19. The lowest BCUT2D eigenvalue weighted by molar-refractivity contribution is 0.669. The summed E-state index contributed by atoms with van der Waals surface area (Å²) in [5, 5.41) is 9.28. The van der Waals surface area contributed by atoms with Crippen LogP contribution in [0.3, 0.4) is 0 Å². The van der Waals surface area contributed by atoms with Gasteiger partial charge in [-0.2, -0.15) is 0 Å². The molecule has 0 N–H and O–H groups in total. The Morgan fingerprint density at radius 2 is 1.02 bits per heavy atom. The first-order chi connectivity index (χ1) is 24.3. The zero-order chi connectivity index (χ0) is 32.3. The number of rotatable bonds is 4. The Hall–Kier alpha value is -6.58. The van der Waals surface area contributed by atoms with Crippen molar-refractivity contribution in [3.05, 3.63) is 170 Å². The predicted molar refractivity (Wildman–Crippen MR) is 204 cm³/mol. The van der Waals surface area contributed by atoms with Gasteiger partial charge in [0.1, 0.15) is 11.2 Å². The van der Waals surface area contributed by atoms with E-state index in [4.69, 9.17) is 14.4 Å². The van der Waals surface area contributed by atoms with Crippen LogP contribution in [0.2, 0.25) is 0 Å². The van der Waals surface area contributed by atoms with Crippen molar-refractivity contribution < 1.29 is 4.42 Å². The highest BCUT2D eigenvalue weighted by molar-refractivity contribution is 6.19. The second kappa shape index (κ2) is 11.0. The molecule has 0 unspecified atom stereocenters. The lowest BCUT2D eigenvalue weighted by Crippen LogP contribution is -1.98. The van der Waals surface area contributed by atoms with Gasteiger partial charge in [0.15, 0.2) is 5.82 Å². The first-order valence-corrected chi connectivity index (χ1v) is 16.6. The average Bonchev–Trinajstić information content (AvgIpc) is 3.55. The molecule has 0 saturated heterocycles. The van der Waals surface area contributed by atoms with Gasteiger partial charge < -0.3 is 4.42 Å². The van der Waals surface area contributed by atoms with E-state index in [-0.39, 0.29) is 0 Å². The molecule has 0 aliphatic rings. The Kier molecular flexibility index (Phi) is 6.18. The summed E-state index contributed by atoms with van der Waals surface area (Å²) in [6, 6.07) is 59.7. The Labute approximate surface area is 282 Å². The van der Waals surface area contributed by atoms with E-state index in [2.05, 4.69) is 152 Å². The molecule has 2 heterocycles. The number of nitrogens with zero attached hydrogens (tertiary/aromatic N) is 2. The summed E-state index contributed by atoms with van der Waals surface area (Å²) >= 11 is 0. The van der Waals surface area contributed by atoms with Crippen molar-refractivity contribution in [1.82, 2.24) is 9.97 Å². The van der Waals surface area contributed by atoms with Crippen molar-refractivity contribution >= 4 is 54.3 Å². The van der Waals surface area contributed by atoms with Gasteiger partial charge in [0.05, 0.1) is 11.4 Å². The first-order valence-electron chi connectivity index (χ1n) is 16.6. The number of benzene rings is 8. The molecule has 0 radical (unpaired) electrons. The molecule has 2 aromatic heterocycles. The van der Waals surface area contributed by atoms with Crippen LogP contribution in [-0.4, -0.2) is 9.97 Å². The Morgan fingerprint density at radius 3 is 1.90 bits per heavy atom. The van der Waals surface area contributed by atoms with Crippen molar-refractivity contribution in [3.63, 3.8) is 0 Å². The molecule has 0 aliphatic carbocycles. The van der Waals surface area contributed by atoms with E-state index in [0.717, 1.165) is 77.3 Å². The van der Waals surface area contributed by atoms with E-state index in [1.54, 1.807) is 0 Å². The Balaban J connectivity index is 1.26. The van der Waals surface area contributed by atoms with Crippen LogP contribution < -0.4 is 0 Å². The number of aromatic nitrogens is 2. The van der Waals surface area contributed by atoms with Crippen LogP contribution in [0, 0.1) is 0 Å². The molecule has 0 saturated carbocycles. The van der Waals surface area contributed by atoms with Crippen molar-refractivity contribution in [2.24, 2.45) is 0 Å². The van der Waals surface area contributed by atoms with Crippen LogP contribution in [0.4, 0.5) is 0 Å². The molecule has 10 aromatic rings. The third-order valence-corrected chi connectivity index (χ3v) is 9.68. The molecular weight excluding hydrogens is 597 g/mol. The lowest BCUT2D eigenvalue weighted by atomic mass is 9.92. The molecule has 0 aliphatic heterocycles. The largest absolute Gasteiger partial charge is 0.456 e. The molecule has 0 spiro atoms. The molecule has 8 aromatic carbocycles. The second-order valence-electron chi connectivity index (χ2n) is 12.5. The average molecular weight is 625 g/mol. The van der Waals surface area contributed by atoms with Gasteiger partial charge in [0, 0.05) is 27.5 Å². The first kappa shape index (κ1) is 27.5. The van der Waals surface area contributed by atoms with E-state index >= 15 is 0 Å². The van der Waals surface area contributed by atoms with Crippen LogP contribution in [0.15, 0.2) is 174 Å². The van der Waals surface area contributed by atoms with Gasteiger partial charge in [0.25, 0.3) is 0 Å². The van der Waals surface area contributed by atoms with E-state index in [1.807, 2.05) is 18.2 Å². The highest BCUT2D eigenvalue weighted by atomic mass is 16.3. The zero-order valence-electron chi connectivity index (χ0n) is 26.5. The van der Waals surface area contributed by atoms with E-state index < -0.39 is 0 Å². The molecule has 10 rings (SSSR count). The van der Waals surface area contributed by atoms with E-state index in [1.165, 1.54) is 16.2 Å². The van der Waals surface area contributed by atoms with Gasteiger partial charge >= 0.3 is 0 Å². The topological polar surface area (TPSA) is 38.9 Å². The van der Waals surface area contributed by atoms with Crippen LogP contribution >= 0.6 is 0 Å². The summed E-state index contributed by atoms with van der Waals surface area (Å²) in [5.41, 5.74) is 8.88. The van der Waals surface area contributed by atoms with Crippen molar-refractivity contribution in [1.29, 1.82) is 0 Å². The minimum atomic E-state index is 0.708. The van der Waals surface area contributed by atoms with Crippen molar-refractivity contribution in [2.45, 2.75) is 0 Å². The van der Waals surface area contributed by atoms with Gasteiger partial charge in [0.2, 0.25) is 0 Å². The molecule has 0 amide bonds. The minimum Gasteiger partial charge on any atom is -0.456 e. The van der Waals surface area contributed by atoms with Gasteiger partial charge in [-0.05, 0) is 73.8 Å². The summed E-state index contributed by atoms with van der Waals surface area (Å²) in [5.74, 6) is 0.708. The van der Waals surface area contributed by atoms with Gasteiger partial charge in [-0.25, -0.2) is 9.97 Å². The summed E-state index contributed by atoms with van der Waals surface area (Å²) in [4.78, 5) is 10.8. The van der Waals surface area contributed by atoms with Crippen LogP contribution in [0.25, 0.3) is 99.3 Å². The number of furan rings is 1. The van der Waals surface area contributed by atoms with Crippen LogP contribution in [-0.2, 0) is 0 Å². The summed E-state index contributed by atoms with van der Waals surface area (Å²) in [6.45, 7) is 0. The maximum absolute atomic E-state index is 6.16. The molecule has 228 valence electrons. The summed E-state index contributed by atoms with van der Waals surface area (Å²) in [7, 11) is 0. The van der Waals surface area contributed by atoms with Crippen LogP contribution in [0.1, 0.15) is 0 Å². The van der Waals surface area contributed by atoms with E-state index in [0.29, 0.717) is 5.82 Å². The molecule has 3 nitrogen and oxygen atoms in total. The monoisotopic (exact) mass is 624 g/mol. The fourth-order valence-corrected chi connectivity index (χ4v) is 7.37. The van der Waals surface area contributed by atoms with Gasteiger partial charge in [-0.3, -0.25) is 0 Å². The fourth-order valence-electron chi connectivity index (χ4n) is 7.37. The van der Waals surface area contributed by atoms with E-state index in [9.17, 15) is 0 Å². The number of para-hydroxylation sites is 1. The summed E-state index contributed by atoms with van der Waals surface area (Å²) in [6.07, 6.45) is 0. The molecule has 0 fully saturated rings. The molecule has 0 bridgehead atoms. The van der Waals surface area contributed by atoms with Gasteiger partial charge in [-0.1, -0.05) is 140 Å². The van der Waals surface area contributed by atoms with Crippen LogP contribution in [0.5, 0.6) is 0 Å². The SMILES string of the molecule is c1ccc(-c2cc(-c3ccccc3-c3ccc4oc5ccccc5c4c3)nc(-c3c4ccccc4cc4c3ccc3ccccc34)n2)cc1. The molecule has 3 heteroatoms. The molecular formula is C46H28N2O. The maximum atomic E-state index is 6.16. The third-order valence-electron chi connectivity index (χ3n) is 9.68. The normalized spacial score (nSPS) is 11.7. The fraction of sp³-hybridized carbons (Fsp3) is 0. The molecule has 49 heavy (non-hydrogen) atoms. The Bertz CT molecular complexity index is 2890. The van der Waals surface area contributed by atoms with Gasteiger partial charge in [-0.15, -0.1) is 0 Å². The van der Waals surface area contributed by atoms with Crippen molar-refractivity contribution in [3.8, 4) is 45.0 Å². The number of hydrogen-bond donors (Lipinski definition) is 0.